The fourth-order valence-corrected chi connectivity index (χ4v) is 3.61. The largest absolute Gasteiger partial charge is 0.392 e. The van der Waals surface area contributed by atoms with Crippen LogP contribution in [0.1, 0.15) is 11.1 Å². The maximum absolute atomic E-state index is 11.8. The Morgan fingerprint density at radius 1 is 1.21 bits per heavy atom. The van der Waals surface area contributed by atoms with E-state index in [1.54, 1.807) is 18.2 Å². The van der Waals surface area contributed by atoms with Gasteiger partial charge in [0.05, 0.1) is 17.3 Å². The van der Waals surface area contributed by atoms with Crippen LogP contribution in [-0.2, 0) is 16.7 Å². The summed E-state index contributed by atoms with van der Waals surface area (Å²) in [4.78, 5) is 2.44. The van der Waals surface area contributed by atoms with E-state index in [-0.39, 0.29) is 22.9 Å². The van der Waals surface area contributed by atoms with Crippen LogP contribution >= 0.6 is 0 Å². The summed E-state index contributed by atoms with van der Waals surface area (Å²) in [5.74, 6) is 0.0453. The first kappa shape index (κ1) is 18.9. The third kappa shape index (κ3) is 3.53. The molecule has 0 bridgehead atoms. The molecule has 10 nitrogen and oxygen atoms in total. The van der Waals surface area contributed by atoms with Crippen LogP contribution in [0.25, 0.3) is 22.8 Å². The first-order valence-corrected chi connectivity index (χ1v) is 9.89. The van der Waals surface area contributed by atoms with E-state index in [1.807, 2.05) is 13.0 Å². The van der Waals surface area contributed by atoms with Gasteiger partial charge in [-0.05, 0) is 41.1 Å². The lowest BCUT2D eigenvalue weighted by Crippen LogP contribution is -2.44. The molecule has 2 N–H and O–H groups in total. The molecule has 0 radical (unpaired) electrons. The summed E-state index contributed by atoms with van der Waals surface area (Å²) in [7, 11) is -4.49. The summed E-state index contributed by atoms with van der Waals surface area (Å²) in [6, 6.07) is 11.3. The molecule has 148 valence electrons. The van der Waals surface area contributed by atoms with Crippen molar-refractivity contribution in [2.24, 2.45) is 0 Å². The van der Waals surface area contributed by atoms with Crippen LogP contribution in [-0.4, -0.2) is 38.2 Å². The number of hydrogen-bond acceptors (Lipinski definition) is 7. The van der Waals surface area contributed by atoms with Crippen molar-refractivity contribution in [1.29, 1.82) is 0 Å². The average molecular weight is 414 g/mol. The molecule has 0 saturated carbocycles. The predicted octanol–water partition coefficient (Wildman–Crippen LogP) is 1.25. The summed E-state index contributed by atoms with van der Waals surface area (Å²) in [5, 5.41) is 22.3. The maximum Gasteiger partial charge on any atom is 0.341 e. The van der Waals surface area contributed by atoms with Gasteiger partial charge in [-0.2, -0.15) is 8.42 Å². The van der Waals surface area contributed by atoms with Crippen molar-refractivity contribution >= 4 is 10.1 Å². The highest BCUT2D eigenvalue weighted by molar-refractivity contribution is 7.86. The van der Waals surface area contributed by atoms with Crippen molar-refractivity contribution < 1.29 is 27.4 Å². The van der Waals surface area contributed by atoms with Crippen LogP contribution in [0.5, 0.6) is 0 Å². The highest BCUT2D eigenvalue weighted by Crippen LogP contribution is 2.24. The van der Waals surface area contributed by atoms with E-state index in [0.29, 0.717) is 16.9 Å². The Morgan fingerprint density at radius 2 is 2.00 bits per heavy atom. The molecular formula is C18H16N5O5S+. The predicted molar refractivity (Wildman–Crippen MR) is 98.9 cm³/mol. The zero-order chi connectivity index (χ0) is 20.6. The minimum atomic E-state index is -4.49. The Morgan fingerprint density at radius 3 is 2.69 bits per heavy atom. The topological polar surface area (TPSA) is 135 Å². The van der Waals surface area contributed by atoms with Gasteiger partial charge in [-0.1, -0.05) is 28.9 Å². The molecule has 4 aromatic rings. The molecule has 0 saturated heterocycles. The number of hydrogen-bond donors (Lipinski definition) is 2. The minimum Gasteiger partial charge on any atom is -0.392 e. The zero-order valence-electron chi connectivity index (χ0n) is 15.2. The lowest BCUT2D eigenvalue weighted by atomic mass is 10.1. The average Bonchev–Trinajstić information content (AvgIpc) is 3.37. The Hall–Kier alpha value is -3.41. The van der Waals surface area contributed by atoms with E-state index in [9.17, 15) is 18.1 Å². The summed E-state index contributed by atoms with van der Waals surface area (Å²) in [5.41, 5.74) is 2.62. The first-order valence-electron chi connectivity index (χ1n) is 8.45. The van der Waals surface area contributed by atoms with Gasteiger partial charge in [0.25, 0.3) is 10.1 Å². The van der Waals surface area contributed by atoms with Gasteiger partial charge in [-0.3, -0.25) is 4.55 Å². The van der Waals surface area contributed by atoms with E-state index in [1.165, 1.54) is 40.3 Å². The number of aromatic nitrogens is 5. The van der Waals surface area contributed by atoms with Gasteiger partial charge < -0.3 is 9.63 Å². The molecule has 4 rings (SSSR count). The lowest BCUT2D eigenvalue weighted by Gasteiger charge is -2.04. The van der Waals surface area contributed by atoms with Gasteiger partial charge in [0.1, 0.15) is 11.1 Å². The van der Waals surface area contributed by atoms with Crippen LogP contribution in [0.3, 0.4) is 0 Å². The van der Waals surface area contributed by atoms with Gasteiger partial charge in [-0.25, -0.2) is 0 Å². The molecule has 2 aromatic heterocycles. The minimum absolute atomic E-state index is 0.0453. The summed E-state index contributed by atoms with van der Waals surface area (Å²) in [6.07, 6.45) is 2.76. The fourth-order valence-electron chi connectivity index (χ4n) is 2.93. The number of rotatable bonds is 5. The van der Waals surface area contributed by atoms with Crippen LogP contribution in [0.4, 0.5) is 0 Å². The number of tetrazole rings is 1. The van der Waals surface area contributed by atoms with Crippen molar-refractivity contribution in [1.82, 2.24) is 20.2 Å². The van der Waals surface area contributed by atoms with Gasteiger partial charge in [0, 0.05) is 10.4 Å². The SMILES string of the molecule is Cc1ccc(-[n+]2nc(-c3ccccc3S(=O)(=O)O)nn2-c2cnoc2)c(CO)c1. The highest BCUT2D eigenvalue weighted by atomic mass is 32.2. The van der Waals surface area contributed by atoms with Crippen LogP contribution < -0.4 is 4.80 Å². The normalized spacial score (nSPS) is 11.7. The monoisotopic (exact) mass is 414 g/mol. The number of benzene rings is 2. The molecule has 0 amide bonds. The van der Waals surface area contributed by atoms with Crippen molar-refractivity contribution in [3.8, 4) is 22.8 Å². The molecule has 0 aliphatic rings. The summed E-state index contributed by atoms with van der Waals surface area (Å²) in [6.45, 7) is 1.66. The van der Waals surface area contributed by atoms with E-state index in [4.69, 9.17) is 4.52 Å². The van der Waals surface area contributed by atoms with Crippen molar-refractivity contribution in [2.75, 3.05) is 0 Å². The van der Waals surface area contributed by atoms with E-state index >= 15 is 0 Å². The number of nitrogens with zero attached hydrogens (tertiary/aromatic N) is 5. The van der Waals surface area contributed by atoms with Gasteiger partial charge in [-0.15, -0.1) is 0 Å². The first-order chi connectivity index (χ1) is 13.9. The Kier molecular flexibility index (Phi) is 4.70. The quantitative estimate of drug-likeness (QED) is 0.368. The highest BCUT2D eigenvalue weighted by Gasteiger charge is 2.29. The number of aliphatic hydroxyl groups is 1. The van der Waals surface area contributed by atoms with Crippen LogP contribution in [0, 0.1) is 6.92 Å². The number of aliphatic hydroxyl groups excluding tert-OH is 1. The maximum atomic E-state index is 11.8. The van der Waals surface area contributed by atoms with Crippen molar-refractivity contribution in [2.45, 2.75) is 18.4 Å². The van der Waals surface area contributed by atoms with E-state index in [2.05, 4.69) is 15.4 Å². The number of aryl methyl sites for hydroxylation is 1. The Labute approximate surface area is 165 Å². The molecule has 2 aromatic carbocycles. The van der Waals surface area contributed by atoms with Crippen LogP contribution in [0.15, 0.2) is 64.3 Å². The molecule has 2 heterocycles. The molecule has 0 aliphatic heterocycles. The Balaban J connectivity index is 1.99. The lowest BCUT2D eigenvalue weighted by molar-refractivity contribution is -0.735. The summed E-state index contributed by atoms with van der Waals surface area (Å²) < 4.78 is 38.0. The van der Waals surface area contributed by atoms with E-state index < -0.39 is 10.1 Å². The Bertz CT molecular complexity index is 1280. The molecule has 11 heteroatoms. The molecule has 0 fully saturated rings. The molecule has 0 spiro atoms. The molecule has 0 unspecified atom stereocenters. The third-order valence-electron chi connectivity index (χ3n) is 4.24. The van der Waals surface area contributed by atoms with Gasteiger partial charge in [0.15, 0.2) is 17.6 Å². The van der Waals surface area contributed by atoms with Gasteiger partial charge >= 0.3 is 5.82 Å². The second kappa shape index (κ2) is 7.20. The molecular weight excluding hydrogens is 398 g/mol. The zero-order valence-corrected chi connectivity index (χ0v) is 16.0. The standard InChI is InChI=1S/C18H15N5O5S/c1-12-6-7-16(13(8-12)10-24)23-21-18(20-22(23)14-9-19-28-11-14)15-4-2-3-5-17(15)29(25,26)27/h2-9,11,24H,10H2,1H3/p+1. The van der Waals surface area contributed by atoms with Gasteiger partial charge in [0.2, 0.25) is 0 Å². The second-order valence-electron chi connectivity index (χ2n) is 6.25. The molecule has 0 aliphatic carbocycles. The van der Waals surface area contributed by atoms with Crippen molar-refractivity contribution in [3.05, 3.63) is 66.1 Å². The van der Waals surface area contributed by atoms with E-state index in [0.717, 1.165) is 5.56 Å². The smallest absolute Gasteiger partial charge is 0.341 e. The molecule has 0 atom stereocenters. The van der Waals surface area contributed by atoms with Crippen molar-refractivity contribution in [3.63, 3.8) is 0 Å². The second-order valence-corrected chi connectivity index (χ2v) is 7.64. The summed E-state index contributed by atoms with van der Waals surface area (Å²) >= 11 is 0. The van der Waals surface area contributed by atoms with Crippen LogP contribution in [0.2, 0.25) is 0 Å². The fraction of sp³-hybridized carbons (Fsp3) is 0.111. The molecule has 29 heavy (non-hydrogen) atoms. The third-order valence-corrected chi connectivity index (χ3v) is 5.15.